The summed E-state index contributed by atoms with van der Waals surface area (Å²) >= 11 is 5.66. The van der Waals surface area contributed by atoms with Crippen LogP contribution in [-0.4, -0.2) is 11.5 Å². The van der Waals surface area contributed by atoms with E-state index in [2.05, 4.69) is 17.2 Å². The summed E-state index contributed by atoms with van der Waals surface area (Å²) in [5, 5.41) is 2.87. The lowest BCUT2D eigenvalue weighted by molar-refractivity contribution is -0.137. The van der Waals surface area contributed by atoms with E-state index in [1.54, 1.807) is 0 Å². The minimum Gasteiger partial charge on any atom is -0.370 e. The van der Waals surface area contributed by atoms with Gasteiger partial charge >= 0.3 is 6.18 Å². The molecule has 0 atom stereocenters. The highest BCUT2D eigenvalue weighted by Crippen LogP contribution is 2.33. The number of aromatic nitrogens is 1. The van der Waals surface area contributed by atoms with Crippen LogP contribution < -0.4 is 5.32 Å². The van der Waals surface area contributed by atoms with Gasteiger partial charge in [0.25, 0.3) is 0 Å². The first-order valence-electron chi connectivity index (χ1n) is 7.37. The zero-order chi connectivity index (χ0) is 15.5. The smallest absolute Gasteiger partial charge is 0.370 e. The molecule has 0 bridgehead atoms. The number of hydrogen-bond acceptors (Lipinski definition) is 2. The van der Waals surface area contributed by atoms with Crippen molar-refractivity contribution in [1.82, 2.24) is 4.98 Å². The highest BCUT2D eigenvalue weighted by molar-refractivity contribution is 6.29. The first-order chi connectivity index (χ1) is 9.88. The minimum atomic E-state index is -4.40. The van der Waals surface area contributed by atoms with Gasteiger partial charge in [-0.15, -0.1) is 0 Å². The summed E-state index contributed by atoms with van der Waals surface area (Å²) in [5.41, 5.74) is -0.764. The number of halogens is 4. The van der Waals surface area contributed by atoms with E-state index in [1.165, 1.54) is 19.3 Å². The molecule has 2 nitrogen and oxygen atoms in total. The van der Waals surface area contributed by atoms with Gasteiger partial charge in [-0.3, -0.25) is 0 Å². The summed E-state index contributed by atoms with van der Waals surface area (Å²) in [4.78, 5) is 3.92. The van der Waals surface area contributed by atoms with Crippen molar-refractivity contribution in [3.63, 3.8) is 0 Å². The first kappa shape index (κ1) is 16.4. The Balaban J connectivity index is 1.93. The van der Waals surface area contributed by atoms with Gasteiger partial charge in [-0.25, -0.2) is 4.98 Å². The van der Waals surface area contributed by atoms with Gasteiger partial charge in [-0.05, 0) is 36.8 Å². The first-order valence-corrected chi connectivity index (χ1v) is 7.75. The highest BCUT2D eigenvalue weighted by atomic mass is 35.5. The SMILES string of the molecule is CCC1CCC(CNc2cc(C(F)(F)F)cc(Cl)n2)CC1. The molecule has 0 unspecified atom stereocenters. The number of pyridine rings is 1. The molecule has 1 N–H and O–H groups in total. The quantitative estimate of drug-likeness (QED) is 0.753. The van der Waals surface area contributed by atoms with Crippen LogP contribution in [0.1, 0.15) is 44.6 Å². The van der Waals surface area contributed by atoms with Crippen LogP contribution in [0, 0.1) is 11.8 Å². The molecule has 1 aliphatic carbocycles. The van der Waals surface area contributed by atoms with E-state index in [9.17, 15) is 13.2 Å². The van der Waals surface area contributed by atoms with Gasteiger partial charge < -0.3 is 5.32 Å². The molecule has 1 fully saturated rings. The molecule has 1 aromatic heterocycles. The van der Waals surface area contributed by atoms with Crippen molar-refractivity contribution in [3.05, 3.63) is 22.8 Å². The van der Waals surface area contributed by atoms with Crippen LogP contribution in [0.3, 0.4) is 0 Å². The van der Waals surface area contributed by atoms with Gasteiger partial charge in [-0.1, -0.05) is 37.8 Å². The summed E-state index contributed by atoms with van der Waals surface area (Å²) < 4.78 is 38.1. The predicted molar refractivity (Wildman–Crippen MR) is 78.5 cm³/mol. The third-order valence-electron chi connectivity index (χ3n) is 4.24. The van der Waals surface area contributed by atoms with Crippen molar-refractivity contribution in [3.8, 4) is 0 Å². The molecular weight excluding hydrogens is 301 g/mol. The molecule has 0 amide bonds. The second kappa shape index (κ2) is 6.86. The Bertz CT molecular complexity index is 468. The van der Waals surface area contributed by atoms with Crippen molar-refractivity contribution in [1.29, 1.82) is 0 Å². The largest absolute Gasteiger partial charge is 0.416 e. The number of alkyl halides is 3. The summed E-state index contributed by atoms with van der Waals surface area (Å²) in [7, 11) is 0. The molecule has 1 aromatic rings. The van der Waals surface area contributed by atoms with Gasteiger partial charge in [0, 0.05) is 6.54 Å². The average molecular weight is 321 g/mol. The van der Waals surface area contributed by atoms with Crippen molar-refractivity contribution < 1.29 is 13.2 Å². The Morgan fingerprint density at radius 1 is 1.19 bits per heavy atom. The highest BCUT2D eigenvalue weighted by Gasteiger charge is 2.31. The lowest BCUT2D eigenvalue weighted by Gasteiger charge is -2.28. The summed E-state index contributed by atoms with van der Waals surface area (Å²) in [6, 6.07) is 1.86. The summed E-state index contributed by atoms with van der Waals surface area (Å²) in [6.07, 6.45) is 1.47. The Morgan fingerprint density at radius 2 is 1.81 bits per heavy atom. The molecule has 1 aliphatic rings. The fraction of sp³-hybridized carbons (Fsp3) is 0.667. The molecule has 0 spiro atoms. The van der Waals surface area contributed by atoms with E-state index < -0.39 is 11.7 Å². The fourth-order valence-electron chi connectivity index (χ4n) is 2.84. The molecule has 118 valence electrons. The Labute approximate surface area is 128 Å². The van der Waals surface area contributed by atoms with Crippen LogP contribution in [0.2, 0.25) is 5.15 Å². The maximum atomic E-state index is 12.7. The molecule has 0 saturated heterocycles. The normalized spacial score (nSPS) is 23.1. The van der Waals surface area contributed by atoms with Crippen molar-refractivity contribution in [2.75, 3.05) is 11.9 Å². The lowest BCUT2D eigenvalue weighted by Crippen LogP contribution is -2.21. The number of rotatable bonds is 4. The molecule has 0 aliphatic heterocycles. The van der Waals surface area contributed by atoms with Crippen molar-refractivity contribution in [2.45, 2.75) is 45.2 Å². The van der Waals surface area contributed by atoms with E-state index in [1.807, 2.05) is 0 Å². The monoisotopic (exact) mass is 320 g/mol. The number of anilines is 1. The maximum absolute atomic E-state index is 12.7. The Kier molecular flexibility index (Phi) is 5.36. The standard InChI is InChI=1S/C15H20ClF3N2/c1-2-10-3-5-11(6-4-10)9-20-14-8-12(15(17,18)19)7-13(16)21-14/h7-8,10-11H,2-6,9H2,1H3,(H,20,21). The van der Waals surface area contributed by atoms with Gasteiger partial charge in [0.2, 0.25) is 0 Å². The van der Waals surface area contributed by atoms with Gasteiger partial charge in [0.15, 0.2) is 0 Å². The van der Waals surface area contributed by atoms with Crippen LogP contribution in [0.15, 0.2) is 12.1 Å². The number of nitrogens with zero attached hydrogens (tertiary/aromatic N) is 1. The van der Waals surface area contributed by atoms with Crippen LogP contribution in [-0.2, 0) is 6.18 Å². The van der Waals surface area contributed by atoms with Crippen LogP contribution in [0.5, 0.6) is 0 Å². The van der Waals surface area contributed by atoms with E-state index in [0.717, 1.165) is 30.9 Å². The van der Waals surface area contributed by atoms with Crippen molar-refractivity contribution >= 4 is 17.4 Å². The van der Waals surface area contributed by atoms with Crippen LogP contribution in [0.4, 0.5) is 19.0 Å². The van der Waals surface area contributed by atoms with Crippen LogP contribution in [0.25, 0.3) is 0 Å². The Hall–Kier alpha value is -0.970. The second-order valence-electron chi connectivity index (χ2n) is 5.74. The summed E-state index contributed by atoms with van der Waals surface area (Å²) in [5.74, 6) is 1.51. The average Bonchev–Trinajstić information content (AvgIpc) is 2.44. The number of nitrogens with one attached hydrogen (secondary N) is 1. The summed E-state index contributed by atoms with van der Waals surface area (Å²) in [6.45, 7) is 2.86. The van der Waals surface area contributed by atoms with E-state index >= 15 is 0 Å². The topological polar surface area (TPSA) is 24.9 Å². The van der Waals surface area contributed by atoms with Gasteiger partial charge in [0.05, 0.1) is 5.56 Å². The molecule has 1 saturated carbocycles. The molecule has 1 heterocycles. The zero-order valence-electron chi connectivity index (χ0n) is 12.0. The second-order valence-corrected chi connectivity index (χ2v) is 6.12. The van der Waals surface area contributed by atoms with Crippen LogP contribution >= 0.6 is 11.6 Å². The van der Waals surface area contributed by atoms with Gasteiger partial charge in [0.1, 0.15) is 11.0 Å². The molecule has 0 aromatic carbocycles. The number of hydrogen-bond donors (Lipinski definition) is 1. The molecule has 0 radical (unpaired) electrons. The molecule has 21 heavy (non-hydrogen) atoms. The Morgan fingerprint density at radius 3 is 2.38 bits per heavy atom. The maximum Gasteiger partial charge on any atom is 0.416 e. The molecular formula is C15H20ClF3N2. The molecule has 2 rings (SSSR count). The van der Waals surface area contributed by atoms with E-state index in [0.29, 0.717) is 12.5 Å². The van der Waals surface area contributed by atoms with Gasteiger partial charge in [-0.2, -0.15) is 13.2 Å². The van der Waals surface area contributed by atoms with Crippen molar-refractivity contribution in [2.24, 2.45) is 11.8 Å². The van der Waals surface area contributed by atoms with E-state index in [4.69, 9.17) is 11.6 Å². The third-order valence-corrected chi connectivity index (χ3v) is 4.43. The van der Waals surface area contributed by atoms with E-state index in [-0.39, 0.29) is 11.0 Å². The fourth-order valence-corrected chi connectivity index (χ4v) is 3.05. The molecule has 6 heteroatoms. The third kappa shape index (κ3) is 4.77. The predicted octanol–water partition coefficient (Wildman–Crippen LogP) is 5.38. The zero-order valence-corrected chi connectivity index (χ0v) is 12.8. The minimum absolute atomic E-state index is 0.137. The lowest BCUT2D eigenvalue weighted by atomic mass is 9.81.